The number of esters is 1. The molecule has 0 aliphatic carbocycles. The summed E-state index contributed by atoms with van der Waals surface area (Å²) in [5.41, 5.74) is -0.171. The lowest BCUT2D eigenvalue weighted by molar-refractivity contribution is -0.385. The van der Waals surface area contributed by atoms with E-state index in [9.17, 15) is 14.9 Å². The molecule has 6 nitrogen and oxygen atoms in total. The van der Waals surface area contributed by atoms with Crippen LogP contribution in [0.4, 0.5) is 5.69 Å². The van der Waals surface area contributed by atoms with E-state index < -0.39 is 10.9 Å². The molecule has 0 heterocycles. The third kappa shape index (κ3) is 3.37. The summed E-state index contributed by atoms with van der Waals surface area (Å²) in [6.07, 6.45) is 1.75. The van der Waals surface area contributed by atoms with Crippen LogP contribution in [0.2, 0.25) is 0 Å². The number of rotatable bonds is 5. The van der Waals surface area contributed by atoms with Gasteiger partial charge in [-0.2, -0.15) is 0 Å². The number of thioether (sulfide) groups is 1. The molecule has 0 atom stereocenters. The van der Waals surface area contributed by atoms with E-state index in [1.54, 1.807) is 30.5 Å². The van der Waals surface area contributed by atoms with Crippen molar-refractivity contribution >= 4 is 23.4 Å². The smallest absolute Gasteiger partial charge is 0.338 e. The van der Waals surface area contributed by atoms with Gasteiger partial charge in [-0.05, 0) is 24.5 Å². The molecule has 0 N–H and O–H groups in total. The van der Waals surface area contributed by atoms with Crippen LogP contribution in [0.5, 0.6) is 11.5 Å². The molecule has 0 spiro atoms. The van der Waals surface area contributed by atoms with Crippen molar-refractivity contribution in [3.63, 3.8) is 0 Å². The lowest BCUT2D eigenvalue weighted by Crippen LogP contribution is -2.04. The van der Waals surface area contributed by atoms with Crippen LogP contribution in [-0.2, 0) is 4.74 Å². The highest BCUT2D eigenvalue weighted by Gasteiger charge is 2.24. The summed E-state index contributed by atoms with van der Waals surface area (Å²) < 4.78 is 10.3. The van der Waals surface area contributed by atoms with Gasteiger partial charge >= 0.3 is 11.7 Å². The van der Waals surface area contributed by atoms with Gasteiger partial charge in [-0.1, -0.05) is 18.2 Å². The first-order valence-electron chi connectivity index (χ1n) is 6.24. The number of carbonyl (C=O) groups excluding carboxylic acids is 1. The maximum Gasteiger partial charge on any atom is 0.338 e. The van der Waals surface area contributed by atoms with Gasteiger partial charge in [0.2, 0.25) is 5.75 Å². The van der Waals surface area contributed by atoms with E-state index in [4.69, 9.17) is 4.74 Å². The van der Waals surface area contributed by atoms with E-state index in [0.717, 1.165) is 6.07 Å². The van der Waals surface area contributed by atoms with Gasteiger partial charge in [-0.15, -0.1) is 11.8 Å². The molecule has 2 aromatic rings. The highest BCUT2D eigenvalue weighted by molar-refractivity contribution is 7.98. The van der Waals surface area contributed by atoms with Gasteiger partial charge in [0, 0.05) is 6.07 Å². The molecule has 2 rings (SSSR count). The summed E-state index contributed by atoms with van der Waals surface area (Å²) >= 11 is 1.25. The van der Waals surface area contributed by atoms with E-state index in [1.807, 2.05) is 6.07 Å². The minimum absolute atomic E-state index is 0.108. The number of nitro benzene ring substituents is 1. The minimum Gasteiger partial charge on any atom is -0.465 e. The fourth-order valence-corrected chi connectivity index (χ4v) is 2.40. The molecule has 0 aliphatic heterocycles. The Morgan fingerprint density at radius 2 is 1.91 bits per heavy atom. The van der Waals surface area contributed by atoms with Crippen molar-refractivity contribution in [3.8, 4) is 11.5 Å². The molecule has 0 bridgehead atoms. The monoisotopic (exact) mass is 319 g/mol. The van der Waals surface area contributed by atoms with Crippen LogP contribution in [0.1, 0.15) is 10.4 Å². The van der Waals surface area contributed by atoms with E-state index in [1.165, 1.54) is 24.9 Å². The zero-order chi connectivity index (χ0) is 16.1. The number of benzene rings is 2. The summed E-state index contributed by atoms with van der Waals surface area (Å²) in [6.45, 7) is 0. The first kappa shape index (κ1) is 15.8. The lowest BCUT2D eigenvalue weighted by Gasteiger charge is -2.11. The Bertz CT molecular complexity index is 703. The number of hydrogen-bond acceptors (Lipinski definition) is 6. The number of carbonyl (C=O) groups is 1. The SMILES string of the molecule is COC(=O)c1cc(SC)c(Oc2ccccc2)c([N+](=O)[O-])c1. The minimum atomic E-state index is -0.635. The van der Waals surface area contributed by atoms with Crippen molar-refractivity contribution in [2.24, 2.45) is 0 Å². The van der Waals surface area contributed by atoms with Crippen LogP contribution >= 0.6 is 11.8 Å². The van der Waals surface area contributed by atoms with Crippen molar-refractivity contribution < 1.29 is 19.2 Å². The molecular weight excluding hydrogens is 306 g/mol. The molecule has 0 aromatic heterocycles. The molecule has 2 aromatic carbocycles. The summed E-state index contributed by atoms with van der Waals surface area (Å²) in [5, 5.41) is 11.3. The first-order chi connectivity index (χ1) is 10.6. The molecule has 114 valence electrons. The quantitative estimate of drug-likeness (QED) is 0.360. The topological polar surface area (TPSA) is 78.7 Å². The second-order valence-electron chi connectivity index (χ2n) is 4.19. The standard InChI is InChI=1S/C15H13NO5S/c1-20-15(17)10-8-12(16(18)19)14(13(9-10)22-2)21-11-6-4-3-5-7-11/h3-9H,1-2H3. The molecule has 0 saturated heterocycles. The summed E-state index contributed by atoms with van der Waals surface area (Å²) in [4.78, 5) is 22.8. The van der Waals surface area contributed by atoms with Gasteiger partial charge in [0.25, 0.3) is 0 Å². The third-order valence-corrected chi connectivity index (χ3v) is 3.58. The van der Waals surface area contributed by atoms with Gasteiger partial charge in [0.15, 0.2) is 0 Å². The normalized spacial score (nSPS) is 10.1. The van der Waals surface area contributed by atoms with E-state index in [0.29, 0.717) is 10.6 Å². The number of hydrogen-bond donors (Lipinski definition) is 0. The number of methoxy groups -OCH3 is 1. The predicted molar refractivity (Wildman–Crippen MR) is 82.7 cm³/mol. The zero-order valence-electron chi connectivity index (χ0n) is 11.9. The molecule has 0 radical (unpaired) electrons. The van der Waals surface area contributed by atoms with E-state index >= 15 is 0 Å². The fourth-order valence-electron chi connectivity index (χ4n) is 1.82. The van der Waals surface area contributed by atoms with Crippen molar-refractivity contribution in [1.29, 1.82) is 0 Å². The van der Waals surface area contributed by atoms with Crippen molar-refractivity contribution in [3.05, 3.63) is 58.1 Å². The highest BCUT2D eigenvalue weighted by atomic mass is 32.2. The first-order valence-corrected chi connectivity index (χ1v) is 7.47. The Morgan fingerprint density at radius 1 is 1.23 bits per heavy atom. The van der Waals surface area contributed by atoms with Crippen LogP contribution in [-0.4, -0.2) is 24.3 Å². The number of para-hydroxylation sites is 1. The van der Waals surface area contributed by atoms with Crippen LogP contribution in [0.15, 0.2) is 47.4 Å². The molecule has 0 amide bonds. The molecular formula is C15H13NO5S. The van der Waals surface area contributed by atoms with Gasteiger partial charge in [-0.3, -0.25) is 10.1 Å². The average Bonchev–Trinajstić information content (AvgIpc) is 2.54. The summed E-state index contributed by atoms with van der Waals surface area (Å²) in [6, 6.07) is 11.4. The van der Waals surface area contributed by atoms with Crippen LogP contribution in [0.3, 0.4) is 0 Å². The molecule has 0 aliphatic rings. The Hall–Kier alpha value is -2.54. The summed E-state index contributed by atoms with van der Waals surface area (Å²) in [5.74, 6) is -0.0484. The van der Waals surface area contributed by atoms with Gasteiger partial charge in [0.05, 0.1) is 22.5 Å². The largest absolute Gasteiger partial charge is 0.465 e. The summed E-state index contributed by atoms with van der Waals surface area (Å²) in [7, 11) is 1.22. The Labute approximate surface area is 131 Å². The number of nitrogens with zero attached hydrogens (tertiary/aromatic N) is 1. The molecule has 7 heteroatoms. The lowest BCUT2D eigenvalue weighted by atomic mass is 10.2. The Balaban J connectivity index is 2.55. The van der Waals surface area contributed by atoms with Gasteiger partial charge in [-0.25, -0.2) is 4.79 Å². The van der Waals surface area contributed by atoms with Gasteiger partial charge in [0.1, 0.15) is 5.75 Å². The third-order valence-electron chi connectivity index (χ3n) is 2.84. The second kappa shape index (κ2) is 6.95. The Morgan fingerprint density at radius 3 is 2.45 bits per heavy atom. The van der Waals surface area contributed by atoms with Crippen LogP contribution in [0, 0.1) is 10.1 Å². The zero-order valence-corrected chi connectivity index (χ0v) is 12.8. The van der Waals surface area contributed by atoms with Crippen molar-refractivity contribution in [2.75, 3.05) is 13.4 Å². The van der Waals surface area contributed by atoms with E-state index in [2.05, 4.69) is 4.74 Å². The Kier molecular flexibility index (Phi) is 5.00. The average molecular weight is 319 g/mol. The molecule has 0 unspecified atom stereocenters. The van der Waals surface area contributed by atoms with Crippen molar-refractivity contribution in [2.45, 2.75) is 4.90 Å². The van der Waals surface area contributed by atoms with Gasteiger partial charge < -0.3 is 9.47 Å². The van der Waals surface area contributed by atoms with Crippen LogP contribution < -0.4 is 4.74 Å². The number of nitro groups is 1. The maximum atomic E-state index is 11.6. The number of ether oxygens (including phenoxy) is 2. The van der Waals surface area contributed by atoms with Crippen LogP contribution in [0.25, 0.3) is 0 Å². The molecule has 0 fully saturated rings. The van der Waals surface area contributed by atoms with E-state index in [-0.39, 0.29) is 17.0 Å². The second-order valence-corrected chi connectivity index (χ2v) is 5.04. The fraction of sp³-hybridized carbons (Fsp3) is 0.133. The highest BCUT2D eigenvalue weighted by Crippen LogP contribution is 2.40. The molecule has 22 heavy (non-hydrogen) atoms. The van der Waals surface area contributed by atoms with Crippen molar-refractivity contribution in [1.82, 2.24) is 0 Å². The predicted octanol–water partition coefficient (Wildman–Crippen LogP) is 3.90. The molecule has 0 saturated carbocycles. The maximum absolute atomic E-state index is 11.6.